The van der Waals surface area contributed by atoms with Gasteiger partial charge in [-0.15, -0.1) is 0 Å². The van der Waals surface area contributed by atoms with E-state index < -0.39 is 56.9 Å². The highest BCUT2D eigenvalue weighted by Crippen LogP contribution is 2.46. The normalized spacial score (nSPS) is 30.3. The van der Waals surface area contributed by atoms with Crippen molar-refractivity contribution in [1.82, 2.24) is 20.3 Å². The van der Waals surface area contributed by atoms with Crippen LogP contribution in [0.25, 0.3) is 0 Å². The lowest BCUT2D eigenvalue weighted by Gasteiger charge is -2.29. The van der Waals surface area contributed by atoms with Gasteiger partial charge in [0.25, 0.3) is 5.91 Å². The number of hydrogen-bond donors (Lipinski definition) is 3. The Bertz CT molecular complexity index is 1430. The van der Waals surface area contributed by atoms with Crippen molar-refractivity contribution in [3.8, 4) is 0 Å². The van der Waals surface area contributed by atoms with Crippen LogP contribution in [-0.2, 0) is 30.8 Å². The minimum absolute atomic E-state index is 0.0176. The Morgan fingerprint density at radius 3 is 2.70 bits per heavy atom. The van der Waals surface area contributed by atoms with Gasteiger partial charge in [0.15, 0.2) is 0 Å². The molecule has 0 spiro atoms. The third kappa shape index (κ3) is 6.22. The maximum absolute atomic E-state index is 13.8. The zero-order chi connectivity index (χ0) is 30.2. The minimum atomic E-state index is -3.82. The molecule has 3 fully saturated rings. The van der Waals surface area contributed by atoms with Crippen molar-refractivity contribution in [1.29, 1.82) is 0 Å². The average Bonchev–Trinajstić information content (AvgIpc) is 3.91. The molecular formula is C30H39N5O7S. The van der Waals surface area contributed by atoms with Gasteiger partial charge >= 0.3 is 12.1 Å². The molecule has 3 aliphatic heterocycles. The molecule has 5 amide bonds. The van der Waals surface area contributed by atoms with Gasteiger partial charge in [0.2, 0.25) is 15.9 Å². The number of nitrogens with zero attached hydrogens (tertiary/aromatic N) is 2. The predicted octanol–water partition coefficient (Wildman–Crippen LogP) is 2.34. The van der Waals surface area contributed by atoms with E-state index in [-0.39, 0.29) is 25.3 Å². The summed E-state index contributed by atoms with van der Waals surface area (Å²) in [6.07, 6.45) is 8.88. The molecule has 4 atom stereocenters. The first kappa shape index (κ1) is 29.5. The predicted molar refractivity (Wildman–Crippen MR) is 158 cm³/mol. The Labute approximate surface area is 251 Å². The summed E-state index contributed by atoms with van der Waals surface area (Å²) in [6.45, 7) is 0.965. The van der Waals surface area contributed by atoms with E-state index in [4.69, 9.17) is 4.74 Å². The summed E-state index contributed by atoms with van der Waals surface area (Å²) in [5, 5.41) is 5.11. The molecule has 1 aromatic rings. The van der Waals surface area contributed by atoms with Gasteiger partial charge in [0.05, 0.1) is 17.5 Å². The summed E-state index contributed by atoms with van der Waals surface area (Å²) in [5.41, 5.74) is 0.428. The molecule has 1 saturated heterocycles. The molecule has 13 heteroatoms. The Morgan fingerprint density at radius 1 is 1.07 bits per heavy atom. The van der Waals surface area contributed by atoms with E-state index in [0.29, 0.717) is 25.9 Å². The number of nitrogens with one attached hydrogen (secondary N) is 3. The van der Waals surface area contributed by atoms with Crippen LogP contribution in [0, 0.1) is 5.92 Å². The molecule has 5 aliphatic rings. The number of fused-ring (bicyclic) bond motifs is 3. The highest BCUT2D eigenvalue weighted by atomic mass is 32.2. The fourth-order valence-electron chi connectivity index (χ4n) is 6.37. The molecule has 2 saturated carbocycles. The highest BCUT2D eigenvalue weighted by molar-refractivity contribution is 7.91. The van der Waals surface area contributed by atoms with Gasteiger partial charge in [0.1, 0.15) is 17.7 Å². The van der Waals surface area contributed by atoms with Crippen LogP contribution in [0.5, 0.6) is 0 Å². The quantitative estimate of drug-likeness (QED) is 0.441. The SMILES string of the molecule is O=C1N[C@]2(C(=O)NS(=O)(=O)C3CC3)C[C@@H]2/C=C\CCCCCNC(=O)N2C[C@H](OC(=O)N3CCCc4ccccc43)C[C@@H]12. The van der Waals surface area contributed by atoms with E-state index in [1.54, 1.807) is 4.90 Å². The van der Waals surface area contributed by atoms with Gasteiger partial charge in [-0.05, 0) is 63.0 Å². The van der Waals surface area contributed by atoms with Crippen molar-refractivity contribution in [2.75, 3.05) is 24.5 Å². The molecule has 0 bridgehead atoms. The van der Waals surface area contributed by atoms with Gasteiger partial charge in [-0.25, -0.2) is 18.0 Å². The van der Waals surface area contributed by atoms with Crippen molar-refractivity contribution in [2.24, 2.45) is 5.92 Å². The van der Waals surface area contributed by atoms with E-state index in [9.17, 15) is 27.6 Å². The monoisotopic (exact) mass is 613 g/mol. The Balaban J connectivity index is 1.20. The highest BCUT2D eigenvalue weighted by Gasteiger charge is 2.62. The Kier molecular flexibility index (Phi) is 8.10. The zero-order valence-electron chi connectivity index (χ0n) is 24.1. The first-order chi connectivity index (χ1) is 20.7. The number of aryl methyl sites for hydroxylation is 1. The van der Waals surface area contributed by atoms with Crippen LogP contribution < -0.4 is 20.3 Å². The number of ether oxygens (including phenoxy) is 1. The lowest BCUT2D eigenvalue weighted by Crippen LogP contribution is -2.57. The van der Waals surface area contributed by atoms with Gasteiger partial charge in [-0.1, -0.05) is 36.8 Å². The maximum atomic E-state index is 13.8. The third-order valence-corrected chi connectivity index (χ3v) is 10.9. The van der Waals surface area contributed by atoms with Gasteiger partial charge < -0.3 is 20.3 Å². The van der Waals surface area contributed by atoms with Gasteiger partial charge in [-0.3, -0.25) is 19.2 Å². The maximum Gasteiger partial charge on any atom is 0.414 e. The van der Waals surface area contributed by atoms with E-state index >= 15 is 0 Å². The molecule has 3 heterocycles. The molecular weight excluding hydrogens is 574 g/mol. The van der Waals surface area contributed by atoms with E-state index in [1.807, 2.05) is 36.4 Å². The van der Waals surface area contributed by atoms with Gasteiger partial charge in [0, 0.05) is 25.4 Å². The number of allylic oxidation sites excluding steroid dienone is 1. The Morgan fingerprint density at radius 2 is 1.88 bits per heavy atom. The fraction of sp³-hybridized carbons (Fsp3) is 0.600. The van der Waals surface area contributed by atoms with Crippen molar-refractivity contribution < 1.29 is 32.3 Å². The summed E-state index contributed by atoms with van der Waals surface area (Å²) in [5.74, 6) is -1.71. The molecule has 1 aromatic carbocycles. The number of para-hydroxylation sites is 1. The minimum Gasteiger partial charge on any atom is -0.444 e. The number of carbonyl (C=O) groups is 4. The number of rotatable bonds is 4. The van der Waals surface area contributed by atoms with E-state index in [0.717, 1.165) is 49.8 Å². The lowest BCUT2D eigenvalue weighted by molar-refractivity contribution is -0.131. The second-order valence-electron chi connectivity index (χ2n) is 12.2. The van der Waals surface area contributed by atoms with Crippen LogP contribution in [0.15, 0.2) is 36.4 Å². The van der Waals surface area contributed by atoms with Crippen molar-refractivity contribution in [2.45, 2.75) is 87.1 Å². The van der Waals surface area contributed by atoms with Crippen LogP contribution >= 0.6 is 0 Å². The number of benzene rings is 1. The largest absolute Gasteiger partial charge is 0.444 e. The zero-order valence-corrected chi connectivity index (χ0v) is 24.9. The van der Waals surface area contributed by atoms with E-state index in [2.05, 4.69) is 15.4 Å². The van der Waals surface area contributed by atoms with Crippen molar-refractivity contribution in [3.05, 3.63) is 42.0 Å². The number of hydrogen-bond acceptors (Lipinski definition) is 7. The summed E-state index contributed by atoms with van der Waals surface area (Å²) in [6, 6.07) is 6.21. The Hall–Kier alpha value is -3.61. The number of amides is 5. The standard InChI is InChI=1S/C30H39N5O7S/c36-26-25-17-22(42-29(39)34-16-8-10-20-9-5-6-12-24(20)34)19-35(25)28(38)31-15-7-3-1-2-4-11-21-18-30(21,32-26)27(37)33-43(40,41)23-13-14-23/h4-6,9,11-12,21-23,25H,1-3,7-8,10,13-19H2,(H,31,38)(H,32,36)(H,33,37)/b11-4-/t21-,22+,25-,30+/m0/s1. The molecule has 12 nitrogen and oxygen atoms in total. The summed E-state index contributed by atoms with van der Waals surface area (Å²) < 4.78 is 33.3. The number of carbonyl (C=O) groups excluding carboxylic acids is 4. The molecule has 6 rings (SSSR count). The number of anilines is 1. The van der Waals surface area contributed by atoms with Crippen LogP contribution in [0.1, 0.15) is 63.4 Å². The smallest absolute Gasteiger partial charge is 0.414 e. The fourth-order valence-corrected chi connectivity index (χ4v) is 7.74. The summed E-state index contributed by atoms with van der Waals surface area (Å²) in [7, 11) is -3.82. The summed E-state index contributed by atoms with van der Waals surface area (Å²) >= 11 is 0. The van der Waals surface area contributed by atoms with E-state index in [1.165, 1.54) is 4.90 Å². The average molecular weight is 614 g/mol. The second kappa shape index (κ2) is 11.8. The van der Waals surface area contributed by atoms with Crippen LogP contribution in [-0.4, -0.2) is 79.8 Å². The molecule has 0 aromatic heterocycles. The molecule has 43 heavy (non-hydrogen) atoms. The molecule has 0 unspecified atom stereocenters. The summed E-state index contributed by atoms with van der Waals surface area (Å²) in [4.78, 5) is 56.7. The topological polar surface area (TPSA) is 154 Å². The van der Waals surface area contributed by atoms with Crippen LogP contribution in [0.3, 0.4) is 0 Å². The van der Waals surface area contributed by atoms with Crippen molar-refractivity contribution >= 4 is 39.6 Å². The third-order valence-electron chi connectivity index (χ3n) is 9.08. The number of urea groups is 1. The second-order valence-corrected chi connectivity index (χ2v) is 14.2. The first-order valence-electron chi connectivity index (χ1n) is 15.3. The van der Waals surface area contributed by atoms with Gasteiger partial charge in [-0.2, -0.15) is 0 Å². The lowest BCUT2D eigenvalue weighted by atomic mass is 10.0. The van der Waals surface area contributed by atoms with Crippen molar-refractivity contribution in [3.63, 3.8) is 0 Å². The first-order valence-corrected chi connectivity index (χ1v) is 16.9. The molecule has 232 valence electrons. The molecule has 0 radical (unpaired) electrons. The molecule has 2 aliphatic carbocycles. The molecule has 3 N–H and O–H groups in total. The van der Waals surface area contributed by atoms with Crippen LogP contribution in [0.2, 0.25) is 0 Å². The van der Waals surface area contributed by atoms with Crippen LogP contribution in [0.4, 0.5) is 15.3 Å². The number of sulfonamides is 1.